The van der Waals surface area contributed by atoms with Gasteiger partial charge in [-0.15, -0.1) is 0 Å². The third-order valence-electron chi connectivity index (χ3n) is 4.08. The predicted octanol–water partition coefficient (Wildman–Crippen LogP) is 1.25. The van der Waals surface area contributed by atoms with Crippen molar-refractivity contribution in [2.75, 3.05) is 10.7 Å². The number of nitrogens with one attached hydrogen (secondary N) is 3. The number of fused-ring (bicyclic) bond motifs is 1. The van der Waals surface area contributed by atoms with E-state index in [9.17, 15) is 14.0 Å². The highest BCUT2D eigenvalue weighted by Gasteiger charge is 2.44. The second-order valence-corrected chi connectivity index (χ2v) is 6.44. The maximum absolute atomic E-state index is 13.0. The molecule has 0 atom stereocenters. The first-order chi connectivity index (χ1) is 12.3. The molecule has 0 radical (unpaired) electrons. The van der Waals surface area contributed by atoms with Crippen LogP contribution in [-0.2, 0) is 0 Å². The van der Waals surface area contributed by atoms with Gasteiger partial charge in [-0.2, -0.15) is 0 Å². The summed E-state index contributed by atoms with van der Waals surface area (Å²) >= 11 is 6.15. The van der Waals surface area contributed by atoms with Crippen LogP contribution in [0.3, 0.4) is 0 Å². The molecule has 1 fully saturated rings. The van der Waals surface area contributed by atoms with E-state index in [0.29, 0.717) is 12.8 Å². The van der Waals surface area contributed by atoms with Crippen molar-refractivity contribution in [2.24, 2.45) is 15.7 Å². The molecule has 1 amide bonds. The van der Waals surface area contributed by atoms with E-state index in [0.717, 1.165) is 17.4 Å². The van der Waals surface area contributed by atoms with E-state index >= 15 is 0 Å². The quantitative estimate of drug-likeness (QED) is 0.461. The van der Waals surface area contributed by atoms with Crippen molar-refractivity contribution in [3.05, 3.63) is 39.3 Å². The molecule has 1 aromatic heterocycles. The van der Waals surface area contributed by atoms with E-state index in [2.05, 4.69) is 26.0 Å². The number of hydrogen-bond acceptors (Lipinski definition) is 5. The van der Waals surface area contributed by atoms with Gasteiger partial charge >= 0.3 is 0 Å². The highest BCUT2D eigenvalue weighted by molar-refractivity contribution is 6.34. The van der Waals surface area contributed by atoms with Gasteiger partial charge < -0.3 is 16.4 Å². The zero-order chi connectivity index (χ0) is 18.9. The largest absolute Gasteiger partial charge is 0.387 e. The van der Waals surface area contributed by atoms with E-state index in [1.165, 1.54) is 6.07 Å². The molecule has 0 unspecified atom stereocenters. The lowest BCUT2D eigenvalue weighted by Crippen LogP contribution is -2.67. The van der Waals surface area contributed by atoms with Crippen molar-refractivity contribution in [1.82, 2.24) is 9.99 Å². The number of halogens is 2. The highest BCUT2D eigenvalue weighted by atomic mass is 35.5. The predicted molar refractivity (Wildman–Crippen MR) is 97.7 cm³/mol. The minimum atomic E-state index is -0.653. The summed E-state index contributed by atoms with van der Waals surface area (Å²) in [5.41, 5.74) is 7.06. The molecule has 3 rings (SSSR count). The lowest BCUT2D eigenvalue weighted by molar-refractivity contribution is 0.0790. The number of aromatic nitrogens is 1. The monoisotopic (exact) mass is 381 g/mol. The molecule has 5 N–H and O–H groups in total. The Balaban J connectivity index is 1.95. The number of nitrogens with zero attached hydrogens (tertiary/aromatic N) is 3. The first-order valence-electron chi connectivity index (χ1n) is 7.81. The molecule has 2 aliphatic rings. The number of carbonyl (C=O) groups is 1. The summed E-state index contributed by atoms with van der Waals surface area (Å²) < 4.78 is 14.1. The van der Waals surface area contributed by atoms with Gasteiger partial charge in [-0.05, 0) is 32.3 Å². The van der Waals surface area contributed by atoms with Crippen molar-refractivity contribution in [2.45, 2.75) is 31.8 Å². The zero-order valence-electron chi connectivity index (χ0n) is 13.8. The van der Waals surface area contributed by atoms with Gasteiger partial charge in [0.2, 0.25) is 0 Å². The summed E-state index contributed by atoms with van der Waals surface area (Å²) in [6.45, 7) is 1.54. The molecule has 1 spiro atoms. The third kappa shape index (κ3) is 3.27. The van der Waals surface area contributed by atoms with Crippen LogP contribution < -0.4 is 27.4 Å². The lowest BCUT2D eigenvalue weighted by atomic mass is 9.84. The standard InChI is InChI=1S/C15H17ClFN7O2/c1-8(18)19-7-20-11(6-17)21-10-5-9(16)12-13(25)22-15(3-2-4-15)23-24(12)14(10)26/h5-7,21,23H,2-4H2,1H3,(H,22,25)(H2,18,19,20)/b11-6-. The molecule has 1 aromatic rings. The molecule has 2 heterocycles. The van der Waals surface area contributed by atoms with Crippen molar-refractivity contribution in [3.8, 4) is 0 Å². The maximum atomic E-state index is 13.0. The Bertz CT molecular complexity index is 898. The van der Waals surface area contributed by atoms with Gasteiger partial charge in [-0.1, -0.05) is 11.6 Å². The summed E-state index contributed by atoms with van der Waals surface area (Å²) in [5.74, 6) is -0.476. The Morgan fingerprint density at radius 3 is 2.81 bits per heavy atom. The summed E-state index contributed by atoms with van der Waals surface area (Å²) in [6.07, 6.45) is 3.52. The third-order valence-corrected chi connectivity index (χ3v) is 4.37. The second-order valence-electron chi connectivity index (χ2n) is 6.03. The second kappa shape index (κ2) is 6.79. The summed E-state index contributed by atoms with van der Waals surface area (Å²) in [7, 11) is 0. The highest BCUT2D eigenvalue weighted by Crippen LogP contribution is 2.33. The van der Waals surface area contributed by atoms with E-state index in [1.54, 1.807) is 6.92 Å². The zero-order valence-corrected chi connectivity index (χ0v) is 14.6. The van der Waals surface area contributed by atoms with Gasteiger partial charge in [-0.3, -0.25) is 15.0 Å². The number of carbonyl (C=O) groups excluding carboxylic acids is 1. The van der Waals surface area contributed by atoms with Gasteiger partial charge in [0, 0.05) is 0 Å². The van der Waals surface area contributed by atoms with Crippen LogP contribution in [0.1, 0.15) is 36.7 Å². The Morgan fingerprint density at radius 1 is 1.50 bits per heavy atom. The van der Waals surface area contributed by atoms with Crippen LogP contribution in [0.5, 0.6) is 0 Å². The van der Waals surface area contributed by atoms with Crippen LogP contribution in [0.15, 0.2) is 33.0 Å². The summed E-state index contributed by atoms with van der Waals surface area (Å²) in [4.78, 5) is 32.5. The van der Waals surface area contributed by atoms with Crippen molar-refractivity contribution < 1.29 is 9.18 Å². The van der Waals surface area contributed by atoms with E-state index in [4.69, 9.17) is 17.3 Å². The molecule has 1 saturated carbocycles. The SMILES string of the molecule is CC(N)=NC=N/C(=C/F)Nc1cc(Cl)c2n(c1=O)NC1(CCC1)NC2=O. The first kappa shape index (κ1) is 17.9. The average Bonchev–Trinajstić information content (AvgIpc) is 2.55. The Hall–Kier alpha value is -2.88. The van der Waals surface area contributed by atoms with Crippen LogP contribution in [-0.4, -0.2) is 28.4 Å². The van der Waals surface area contributed by atoms with Crippen LogP contribution in [0.4, 0.5) is 10.1 Å². The van der Waals surface area contributed by atoms with Crippen LogP contribution in [0, 0.1) is 0 Å². The van der Waals surface area contributed by atoms with Gasteiger partial charge in [0.15, 0.2) is 5.82 Å². The van der Waals surface area contributed by atoms with E-state index in [-0.39, 0.29) is 34.4 Å². The summed E-state index contributed by atoms with van der Waals surface area (Å²) in [6, 6.07) is 1.24. The number of pyridine rings is 1. The van der Waals surface area contributed by atoms with Crippen LogP contribution >= 0.6 is 11.6 Å². The normalized spacial score (nSPS) is 19.0. The van der Waals surface area contributed by atoms with E-state index in [1.807, 2.05) is 0 Å². The molecule has 0 saturated heterocycles. The smallest absolute Gasteiger partial charge is 0.293 e. The molecule has 1 aliphatic heterocycles. The van der Waals surface area contributed by atoms with E-state index < -0.39 is 17.1 Å². The fourth-order valence-electron chi connectivity index (χ4n) is 2.69. The molecule has 9 nitrogen and oxygen atoms in total. The maximum Gasteiger partial charge on any atom is 0.293 e. The summed E-state index contributed by atoms with van der Waals surface area (Å²) in [5, 5.41) is 5.39. The number of anilines is 1. The van der Waals surface area contributed by atoms with Gasteiger partial charge in [0.05, 0.1) is 10.9 Å². The number of nitrogens with two attached hydrogens (primary N) is 1. The Labute approximate surface area is 152 Å². The molecule has 0 aromatic carbocycles. The Kier molecular flexibility index (Phi) is 4.68. The van der Waals surface area contributed by atoms with Gasteiger partial charge in [0.1, 0.15) is 29.7 Å². The number of hydrogen-bond donors (Lipinski definition) is 4. The molecule has 1 aliphatic carbocycles. The van der Waals surface area contributed by atoms with Crippen molar-refractivity contribution in [1.29, 1.82) is 0 Å². The molecule has 138 valence electrons. The average molecular weight is 382 g/mol. The minimum Gasteiger partial charge on any atom is -0.387 e. The molecular weight excluding hydrogens is 365 g/mol. The molecule has 11 heteroatoms. The number of aliphatic imine (C=N–C) groups is 2. The van der Waals surface area contributed by atoms with Crippen LogP contribution in [0.2, 0.25) is 5.02 Å². The van der Waals surface area contributed by atoms with Gasteiger partial charge in [-0.25, -0.2) is 19.1 Å². The lowest BCUT2D eigenvalue weighted by Gasteiger charge is -2.47. The first-order valence-corrected chi connectivity index (χ1v) is 8.19. The Morgan fingerprint density at radius 2 is 2.23 bits per heavy atom. The topological polar surface area (TPSA) is 126 Å². The number of rotatable bonds is 4. The molecular formula is C15H17ClFN7O2. The van der Waals surface area contributed by atoms with Crippen molar-refractivity contribution in [3.63, 3.8) is 0 Å². The fourth-order valence-corrected chi connectivity index (χ4v) is 2.96. The number of amides is 1. The minimum absolute atomic E-state index is 0.00243. The van der Waals surface area contributed by atoms with Crippen molar-refractivity contribution >= 4 is 35.4 Å². The molecule has 0 bridgehead atoms. The van der Waals surface area contributed by atoms with Gasteiger partial charge in [0.25, 0.3) is 11.5 Å². The van der Waals surface area contributed by atoms with Crippen LogP contribution in [0.25, 0.3) is 0 Å². The number of amidine groups is 1. The fraction of sp³-hybridized carbons (Fsp3) is 0.333. The molecule has 26 heavy (non-hydrogen) atoms.